The van der Waals surface area contributed by atoms with Crippen LogP contribution in [0.1, 0.15) is 22.0 Å². The van der Waals surface area contributed by atoms with Crippen LogP contribution in [0.3, 0.4) is 0 Å². The van der Waals surface area contributed by atoms with Gasteiger partial charge in [0, 0.05) is 56.1 Å². The van der Waals surface area contributed by atoms with Crippen LogP contribution in [0.5, 0.6) is 0 Å². The molecule has 2 aliphatic rings. The maximum Gasteiger partial charge on any atom is 0.137 e. The van der Waals surface area contributed by atoms with Gasteiger partial charge in [-0.3, -0.25) is 4.90 Å². The first kappa shape index (κ1) is 9.09. The van der Waals surface area contributed by atoms with Gasteiger partial charge in [0.1, 0.15) is 5.84 Å². The molecule has 0 unspecified atom stereocenters. The number of aliphatic hydroxyl groups excluding tert-OH is 1. The monoisotopic (exact) mass is 395 g/mol. The third-order valence-corrected chi connectivity index (χ3v) is 4.80. The van der Waals surface area contributed by atoms with E-state index in [1.807, 2.05) is 0 Å². The summed E-state index contributed by atoms with van der Waals surface area (Å²) in [5.41, 5.74) is 0.535. The second-order valence-electron chi connectivity index (χ2n) is 5.37. The number of aliphatic hydroxyl groups is 1. The number of piperazine rings is 1. The average Bonchev–Trinajstić information content (AvgIpc) is 2.98. The van der Waals surface area contributed by atoms with Gasteiger partial charge in [-0.1, -0.05) is 42.1 Å². The van der Waals surface area contributed by atoms with E-state index in [-0.39, 0.29) is 21.2 Å². The Balaban J connectivity index is 1.92. The van der Waals surface area contributed by atoms with Gasteiger partial charge in [-0.15, -0.1) is 0 Å². The molecule has 2 aromatic rings. The number of rotatable bonds is 5. The lowest BCUT2D eigenvalue weighted by atomic mass is 10.1. The van der Waals surface area contributed by atoms with E-state index in [2.05, 4.69) is 4.99 Å². The van der Waals surface area contributed by atoms with Crippen LogP contribution in [-0.2, 0) is 4.74 Å². The topological polar surface area (TPSA) is 48.3 Å². The Morgan fingerprint density at radius 2 is 1.81 bits per heavy atom. The maximum absolute atomic E-state index is 9.10. The van der Waals surface area contributed by atoms with E-state index >= 15 is 0 Å². The first-order valence-electron chi connectivity index (χ1n) is 14.1. The summed E-state index contributed by atoms with van der Waals surface area (Å²) in [6, 6.07) is 13.3. The van der Waals surface area contributed by atoms with Crippen molar-refractivity contribution in [1.29, 1.82) is 0 Å². The first-order chi connectivity index (χ1) is 17.8. The zero-order chi connectivity index (χ0) is 29.2. The van der Waals surface area contributed by atoms with Gasteiger partial charge in [-0.25, -0.2) is 4.99 Å². The molecule has 6 heteroatoms. The zero-order valence-electron chi connectivity index (χ0n) is 26.1. The minimum Gasteiger partial charge on any atom is -0.394 e. The third kappa shape index (κ3) is 4.35. The molecule has 0 aromatic heterocycles. The molecule has 4 rings (SSSR count). The van der Waals surface area contributed by atoms with Crippen LogP contribution < -0.4 is 0 Å². The molecule has 0 radical (unpaired) electrons. The van der Waals surface area contributed by atoms with Gasteiger partial charge in [0.15, 0.2) is 0 Å². The first-order valence-corrected chi connectivity index (χ1v) is 8.93. The molecule has 0 saturated carbocycles. The van der Waals surface area contributed by atoms with Crippen LogP contribution in [0.2, 0.25) is 0 Å². The standard InChI is InChI=1S/C21H25N3O2S/c25-14-16-26-15-13-23-9-11-24(12-10-23)21-17-5-1-3-7-19(17)27-20-8-4-2-6-18(20)22-21/h1-8,25H,9-16H2/i9D2,10D2,11D2,12D2,13D2,16D2. The Morgan fingerprint density at radius 1 is 1.07 bits per heavy atom. The normalized spacial score (nSPS) is 32.2. The van der Waals surface area contributed by atoms with Crippen molar-refractivity contribution in [2.45, 2.75) is 9.79 Å². The van der Waals surface area contributed by atoms with Crippen LogP contribution in [0.15, 0.2) is 63.3 Å². The molecule has 1 fully saturated rings. The number of nitrogens with zero attached hydrogens (tertiary/aromatic N) is 3. The molecule has 0 atom stereocenters. The van der Waals surface area contributed by atoms with Crippen LogP contribution in [-0.4, -0.2) is 73.0 Å². The fourth-order valence-corrected chi connectivity index (χ4v) is 3.49. The number of amidine groups is 1. The molecule has 142 valence electrons. The fraction of sp³-hybridized carbons (Fsp3) is 0.381. The average molecular weight is 396 g/mol. The summed E-state index contributed by atoms with van der Waals surface area (Å²) in [5, 5.41) is 9.10. The second kappa shape index (κ2) is 8.89. The molecule has 0 bridgehead atoms. The molecule has 1 saturated heterocycles. The van der Waals surface area contributed by atoms with Gasteiger partial charge in [0.25, 0.3) is 0 Å². The molecule has 27 heavy (non-hydrogen) atoms. The van der Waals surface area contributed by atoms with Crippen LogP contribution in [0, 0.1) is 0 Å². The predicted molar refractivity (Wildman–Crippen MR) is 109 cm³/mol. The van der Waals surface area contributed by atoms with Crippen molar-refractivity contribution in [2.75, 3.05) is 52.3 Å². The smallest absolute Gasteiger partial charge is 0.137 e. The number of aliphatic imine (C=N–C) groups is 1. The highest BCUT2D eigenvalue weighted by Crippen LogP contribution is 2.40. The zero-order valence-corrected chi connectivity index (χ0v) is 15.0. The van der Waals surface area contributed by atoms with Crippen molar-refractivity contribution in [3.63, 3.8) is 0 Å². The van der Waals surface area contributed by atoms with Crippen molar-refractivity contribution in [2.24, 2.45) is 4.99 Å². The van der Waals surface area contributed by atoms with E-state index in [9.17, 15) is 0 Å². The number of fused-ring (bicyclic) bond motifs is 2. The molecule has 2 aliphatic heterocycles. The Hall–Kier alpha value is -1.86. The molecular weight excluding hydrogens is 358 g/mol. The lowest BCUT2D eigenvalue weighted by molar-refractivity contribution is 0.0652. The highest BCUT2D eigenvalue weighted by molar-refractivity contribution is 7.99. The summed E-state index contributed by atoms with van der Waals surface area (Å²) in [7, 11) is 0. The molecule has 0 spiro atoms. The van der Waals surface area contributed by atoms with Crippen molar-refractivity contribution in [3.05, 3.63) is 54.1 Å². The highest BCUT2D eigenvalue weighted by Gasteiger charge is 2.24. The summed E-state index contributed by atoms with van der Waals surface area (Å²) in [4.78, 5) is 5.70. The third-order valence-electron chi connectivity index (χ3n) is 3.66. The predicted octanol–water partition coefficient (Wildman–Crippen LogP) is 2.86. The molecule has 5 nitrogen and oxygen atoms in total. The van der Waals surface area contributed by atoms with E-state index in [0.717, 1.165) is 0 Å². The van der Waals surface area contributed by atoms with Crippen molar-refractivity contribution in [3.8, 4) is 0 Å². The Labute approximate surface area is 181 Å². The molecule has 0 aliphatic carbocycles. The minimum atomic E-state index is -3.57. The van der Waals surface area contributed by atoms with Gasteiger partial charge in [-0.2, -0.15) is 0 Å². The number of hydrogen-bond donors (Lipinski definition) is 1. The summed E-state index contributed by atoms with van der Waals surface area (Å²) in [6.45, 7) is -22.6. The largest absolute Gasteiger partial charge is 0.394 e. The quantitative estimate of drug-likeness (QED) is 0.844. The Kier molecular flexibility index (Phi) is 2.99. The van der Waals surface area contributed by atoms with Crippen molar-refractivity contribution in [1.82, 2.24) is 9.80 Å². The summed E-state index contributed by atoms with van der Waals surface area (Å²) in [6.07, 6.45) is 0. The summed E-state index contributed by atoms with van der Waals surface area (Å²) < 4.78 is 106. The van der Waals surface area contributed by atoms with E-state index in [1.165, 1.54) is 17.8 Å². The maximum atomic E-state index is 9.10. The van der Waals surface area contributed by atoms with Gasteiger partial charge >= 0.3 is 0 Å². The SMILES string of the molecule is [2H]C([2H])(CO)OCC([2H])([2H])N1C([2H])([2H])C([2H])([2H])N(C2=Nc3ccccc3Sc3ccccc32)C([2H])([2H])C1([2H])[2H]. The van der Waals surface area contributed by atoms with E-state index < -0.39 is 52.3 Å². The second-order valence-corrected chi connectivity index (χ2v) is 6.45. The van der Waals surface area contributed by atoms with E-state index in [0.29, 0.717) is 15.5 Å². The minimum absolute atomic E-state index is 0.217. The van der Waals surface area contributed by atoms with Gasteiger partial charge < -0.3 is 14.7 Å². The van der Waals surface area contributed by atoms with Crippen molar-refractivity contribution >= 4 is 23.3 Å². The highest BCUT2D eigenvalue weighted by atomic mass is 32.2. The Morgan fingerprint density at radius 3 is 2.63 bits per heavy atom. The van der Waals surface area contributed by atoms with Gasteiger partial charge in [-0.05, 0) is 18.2 Å². The summed E-state index contributed by atoms with van der Waals surface area (Å²) >= 11 is 1.27. The number of para-hydroxylation sites is 1. The molecule has 2 aromatic carbocycles. The van der Waals surface area contributed by atoms with E-state index in [4.69, 9.17) is 26.3 Å². The molecule has 1 N–H and O–H groups in total. The molecular formula is C21H25N3O2S. The van der Waals surface area contributed by atoms with Crippen LogP contribution in [0.4, 0.5) is 5.69 Å². The van der Waals surface area contributed by atoms with Gasteiger partial charge in [0.2, 0.25) is 0 Å². The summed E-state index contributed by atoms with van der Waals surface area (Å²) in [5.74, 6) is -0.390. The van der Waals surface area contributed by atoms with Gasteiger partial charge in [0.05, 0.1) is 33.7 Å². The van der Waals surface area contributed by atoms with Crippen LogP contribution >= 0.6 is 11.8 Å². The fourth-order valence-electron chi connectivity index (χ4n) is 2.47. The lowest BCUT2D eigenvalue weighted by Gasteiger charge is -2.36. The number of hydrogen-bond acceptors (Lipinski definition) is 6. The molecule has 2 heterocycles. The van der Waals surface area contributed by atoms with Crippen LogP contribution in [0.25, 0.3) is 0 Å². The van der Waals surface area contributed by atoms with E-state index in [1.54, 1.807) is 42.5 Å². The Bertz CT molecular complexity index is 1260. The van der Waals surface area contributed by atoms with Crippen molar-refractivity contribution < 1.29 is 26.3 Å². The number of ether oxygens (including phenoxy) is 1. The lowest BCUT2D eigenvalue weighted by Crippen LogP contribution is -2.49. The molecule has 0 amide bonds. The number of benzene rings is 2.